The molecule has 0 aliphatic carbocycles. The van der Waals surface area contributed by atoms with Gasteiger partial charge in [0, 0.05) is 31.6 Å². The number of aliphatic carboxylic acids is 1. The molecule has 11 nitrogen and oxygen atoms in total. The minimum absolute atomic E-state index is 0.0871. The van der Waals surface area contributed by atoms with Crippen LogP contribution in [0.15, 0.2) is 11.6 Å². The molecule has 34 heavy (non-hydrogen) atoms. The number of likely N-dealkylation sites (N-methyl/N-ethyl adjacent to an activating group) is 1. The van der Waals surface area contributed by atoms with Gasteiger partial charge < -0.3 is 30.1 Å². The number of alkyl carbamates (subject to hydrolysis) is 2. The van der Waals surface area contributed by atoms with E-state index in [9.17, 15) is 24.3 Å². The van der Waals surface area contributed by atoms with E-state index in [0.29, 0.717) is 11.4 Å². The highest BCUT2D eigenvalue weighted by Gasteiger charge is 2.33. The first-order valence-electron chi connectivity index (χ1n) is 10.9. The zero-order valence-corrected chi connectivity index (χ0v) is 21.7. The van der Waals surface area contributed by atoms with Crippen LogP contribution in [0.4, 0.5) is 9.59 Å². The molecule has 1 heterocycles. The van der Waals surface area contributed by atoms with Gasteiger partial charge in [-0.25, -0.2) is 19.4 Å². The highest BCUT2D eigenvalue weighted by molar-refractivity contribution is 7.09. The second-order valence-corrected chi connectivity index (χ2v) is 10.7. The number of carbonyl (C=O) groups excluding carboxylic acids is 3. The topological polar surface area (TPSA) is 147 Å². The third-order valence-corrected chi connectivity index (χ3v) is 5.08. The van der Waals surface area contributed by atoms with Gasteiger partial charge in [0.25, 0.3) is 0 Å². The molecule has 0 aliphatic rings. The molecule has 0 saturated heterocycles. The molecule has 12 heteroatoms. The number of rotatable bonds is 10. The summed E-state index contributed by atoms with van der Waals surface area (Å²) in [6.45, 7) is 10.5. The van der Waals surface area contributed by atoms with Crippen molar-refractivity contribution < 1.29 is 33.8 Å². The highest BCUT2D eigenvalue weighted by Crippen LogP contribution is 2.14. The predicted octanol–water partition coefficient (Wildman–Crippen LogP) is 2.80. The second kappa shape index (κ2) is 12.5. The van der Waals surface area contributed by atoms with E-state index in [1.54, 1.807) is 53.1 Å². The minimum Gasteiger partial charge on any atom is -0.480 e. The van der Waals surface area contributed by atoms with Gasteiger partial charge in [-0.05, 0) is 54.4 Å². The van der Waals surface area contributed by atoms with Crippen LogP contribution in [0.2, 0.25) is 0 Å². The lowest BCUT2D eigenvalue weighted by Gasteiger charge is -2.29. The van der Waals surface area contributed by atoms with Crippen LogP contribution in [-0.4, -0.2) is 75.9 Å². The van der Waals surface area contributed by atoms with E-state index in [-0.39, 0.29) is 19.4 Å². The van der Waals surface area contributed by atoms with Crippen LogP contribution in [0.1, 0.15) is 59.4 Å². The van der Waals surface area contributed by atoms with Crippen molar-refractivity contribution in [3.8, 4) is 0 Å². The number of amides is 3. The highest BCUT2D eigenvalue weighted by atomic mass is 32.1. The molecule has 1 aromatic heterocycles. The number of carboxylic acid groups (broad SMARTS) is 1. The van der Waals surface area contributed by atoms with Crippen molar-refractivity contribution in [3.05, 3.63) is 16.6 Å². The number of nitrogens with one attached hydrogen (secondary N) is 2. The lowest BCUT2D eigenvalue weighted by Crippen LogP contribution is -2.53. The van der Waals surface area contributed by atoms with Crippen LogP contribution in [0, 0.1) is 0 Å². The van der Waals surface area contributed by atoms with E-state index in [4.69, 9.17) is 9.47 Å². The number of carboxylic acids is 1. The summed E-state index contributed by atoms with van der Waals surface area (Å²) in [5.41, 5.74) is -1.41. The van der Waals surface area contributed by atoms with Gasteiger partial charge in [0.2, 0.25) is 5.91 Å². The van der Waals surface area contributed by atoms with Crippen molar-refractivity contribution in [2.24, 2.45) is 0 Å². The smallest absolute Gasteiger partial charge is 0.408 e. The third kappa shape index (κ3) is 11.3. The minimum atomic E-state index is -1.20. The van der Waals surface area contributed by atoms with E-state index >= 15 is 0 Å². The molecule has 3 amide bonds. The second-order valence-electron chi connectivity index (χ2n) is 9.70. The van der Waals surface area contributed by atoms with Crippen molar-refractivity contribution in [1.29, 1.82) is 0 Å². The molecule has 1 aromatic rings. The zero-order valence-electron chi connectivity index (χ0n) is 20.8. The Balaban J connectivity index is 2.82. The van der Waals surface area contributed by atoms with Crippen molar-refractivity contribution in [3.63, 3.8) is 0 Å². The molecule has 0 bridgehead atoms. The van der Waals surface area contributed by atoms with Gasteiger partial charge in [-0.3, -0.25) is 4.79 Å². The summed E-state index contributed by atoms with van der Waals surface area (Å²) in [6, 6.07) is -2.22. The van der Waals surface area contributed by atoms with Crippen molar-refractivity contribution in [1.82, 2.24) is 20.5 Å². The van der Waals surface area contributed by atoms with E-state index < -0.39 is 47.3 Å². The monoisotopic (exact) mass is 500 g/mol. The normalized spacial score (nSPS) is 13.4. The summed E-state index contributed by atoms with van der Waals surface area (Å²) < 4.78 is 10.4. The van der Waals surface area contributed by atoms with Crippen LogP contribution in [0.3, 0.4) is 0 Å². The Bertz CT molecular complexity index is 831. The van der Waals surface area contributed by atoms with Crippen LogP contribution >= 0.6 is 11.3 Å². The Morgan fingerprint density at radius 3 is 2.18 bits per heavy atom. The van der Waals surface area contributed by atoms with Gasteiger partial charge in [-0.1, -0.05) is 0 Å². The molecule has 0 fully saturated rings. The Hall–Kier alpha value is -2.89. The molecular formula is C22H36N4O7S. The van der Waals surface area contributed by atoms with Gasteiger partial charge >= 0.3 is 18.2 Å². The molecule has 1 rings (SSSR count). The lowest BCUT2D eigenvalue weighted by molar-refractivity contribution is -0.150. The summed E-state index contributed by atoms with van der Waals surface area (Å²) in [5, 5.41) is 17.2. The molecule has 0 saturated carbocycles. The maximum absolute atomic E-state index is 13.2. The van der Waals surface area contributed by atoms with Crippen LogP contribution in [0.5, 0.6) is 0 Å². The van der Waals surface area contributed by atoms with Crippen LogP contribution < -0.4 is 10.6 Å². The number of hydrogen-bond donors (Lipinski definition) is 3. The van der Waals surface area contributed by atoms with Gasteiger partial charge in [0.05, 0.1) is 5.01 Å². The number of ether oxygens (including phenoxy) is 2. The molecule has 0 aromatic carbocycles. The Kier molecular flexibility index (Phi) is 10.7. The largest absolute Gasteiger partial charge is 0.480 e. The van der Waals surface area contributed by atoms with Crippen LogP contribution in [0.25, 0.3) is 0 Å². The molecule has 0 spiro atoms. The number of hydrogen-bond acceptors (Lipinski definition) is 8. The maximum atomic E-state index is 13.2. The van der Waals surface area contributed by atoms with Gasteiger partial charge in [-0.2, -0.15) is 0 Å². The molecule has 2 atom stereocenters. The Labute approximate surface area is 204 Å². The Morgan fingerprint density at radius 2 is 1.68 bits per heavy atom. The summed E-state index contributed by atoms with van der Waals surface area (Å²) in [6.07, 6.45) is 0.662. The van der Waals surface area contributed by atoms with Crippen LogP contribution in [-0.2, 0) is 25.5 Å². The number of nitrogens with zero attached hydrogens (tertiary/aromatic N) is 2. The number of carbonyl (C=O) groups is 4. The number of aromatic nitrogens is 1. The van der Waals surface area contributed by atoms with Gasteiger partial charge in [0.15, 0.2) is 0 Å². The van der Waals surface area contributed by atoms with E-state index in [0.717, 1.165) is 4.90 Å². The summed E-state index contributed by atoms with van der Waals surface area (Å²) >= 11 is 1.32. The van der Waals surface area contributed by atoms with E-state index in [1.807, 2.05) is 0 Å². The zero-order chi connectivity index (χ0) is 26.1. The van der Waals surface area contributed by atoms with Crippen molar-refractivity contribution in [2.45, 2.75) is 84.1 Å². The number of thiazole rings is 1. The summed E-state index contributed by atoms with van der Waals surface area (Å²) in [7, 11) is 1.37. The Morgan fingerprint density at radius 1 is 1.09 bits per heavy atom. The summed E-state index contributed by atoms with van der Waals surface area (Å²) in [5.74, 6) is -1.79. The fraction of sp³-hybridized carbons (Fsp3) is 0.682. The average Bonchev–Trinajstić information content (AvgIpc) is 3.16. The molecule has 0 aliphatic heterocycles. The lowest BCUT2D eigenvalue weighted by atomic mass is 10.1. The first-order chi connectivity index (χ1) is 15.6. The van der Waals surface area contributed by atoms with Gasteiger partial charge in [-0.15, -0.1) is 11.3 Å². The van der Waals surface area contributed by atoms with E-state index in [1.165, 1.54) is 18.4 Å². The fourth-order valence-electron chi connectivity index (χ4n) is 2.86. The predicted molar refractivity (Wildman–Crippen MR) is 127 cm³/mol. The molecular weight excluding hydrogens is 464 g/mol. The maximum Gasteiger partial charge on any atom is 0.408 e. The quantitative estimate of drug-likeness (QED) is 0.416. The fourth-order valence-corrected chi connectivity index (χ4v) is 3.52. The molecule has 0 unspecified atom stereocenters. The average molecular weight is 501 g/mol. The van der Waals surface area contributed by atoms with Gasteiger partial charge in [0.1, 0.15) is 23.3 Å². The first kappa shape index (κ1) is 29.1. The van der Waals surface area contributed by atoms with Crippen molar-refractivity contribution >= 4 is 35.4 Å². The summed E-state index contributed by atoms with van der Waals surface area (Å²) in [4.78, 5) is 54.4. The standard InChI is InChI=1S/C22H36N4O7S/c1-21(2,3)32-19(30)24-10-8-9-15(18(28)29)26(7)17(27)14(13-16-23-11-12-34-16)25-20(31)33-22(4,5)6/h11-12,14-15H,8-10,13H2,1-7H3,(H,24,30)(H,25,31)(H,28,29)/t14-,15-/m0/s1. The molecule has 0 radical (unpaired) electrons. The van der Waals surface area contributed by atoms with Crippen molar-refractivity contribution in [2.75, 3.05) is 13.6 Å². The molecule has 192 valence electrons. The SMILES string of the molecule is CN(C(=O)[C@H](Cc1nccs1)NC(=O)OC(C)(C)C)[C@@H](CCCNC(=O)OC(C)(C)C)C(=O)O. The third-order valence-electron chi connectivity index (χ3n) is 4.27. The first-order valence-corrected chi connectivity index (χ1v) is 11.8. The molecule has 3 N–H and O–H groups in total. The van der Waals surface area contributed by atoms with E-state index in [2.05, 4.69) is 15.6 Å².